The van der Waals surface area contributed by atoms with Gasteiger partial charge in [0, 0.05) is 35.4 Å². The molecule has 0 saturated carbocycles. The van der Waals surface area contributed by atoms with Crippen molar-refractivity contribution in [2.24, 2.45) is 10.3 Å². The third-order valence-corrected chi connectivity index (χ3v) is 3.52. The molecule has 0 radical (unpaired) electrons. The zero-order valence-corrected chi connectivity index (χ0v) is 15.8. The third-order valence-electron chi connectivity index (χ3n) is 3.52. The van der Waals surface area contributed by atoms with Gasteiger partial charge in [-0.25, -0.2) is 9.97 Å². The minimum absolute atomic E-state index is 0.513. The van der Waals surface area contributed by atoms with Crippen LogP contribution in [0.1, 0.15) is 41.9 Å². The van der Waals surface area contributed by atoms with E-state index in [2.05, 4.69) is 30.1 Å². The second-order valence-corrected chi connectivity index (χ2v) is 5.88. The first-order valence-electron chi connectivity index (χ1n) is 8.57. The Morgan fingerprint density at radius 3 is 2.58 bits per heavy atom. The standard InChI is InChI=1S/C19H25N5O2/c1-14-13-15(2)22-19(21-14)16(3)24-26-12-6-9-17-7-5-8-18(23-17)10-11-20-25-4/h5,7-8,11,13H,6,9-10,12H2,1-4H3/b20-11?,24-16+. The molecule has 7 nitrogen and oxygen atoms in total. The van der Waals surface area contributed by atoms with Gasteiger partial charge in [0.15, 0.2) is 5.82 Å². The van der Waals surface area contributed by atoms with E-state index in [-0.39, 0.29) is 0 Å². The summed E-state index contributed by atoms with van der Waals surface area (Å²) in [6.45, 7) is 6.24. The molecule has 2 heterocycles. The van der Waals surface area contributed by atoms with Gasteiger partial charge in [-0.05, 0) is 51.8 Å². The second kappa shape index (κ2) is 10.2. The van der Waals surface area contributed by atoms with E-state index in [4.69, 9.17) is 4.84 Å². The Morgan fingerprint density at radius 1 is 1.12 bits per heavy atom. The fraction of sp³-hybridized carbons (Fsp3) is 0.421. The highest BCUT2D eigenvalue weighted by Gasteiger charge is 2.04. The highest BCUT2D eigenvalue weighted by molar-refractivity contribution is 5.94. The van der Waals surface area contributed by atoms with Crippen LogP contribution in [0.25, 0.3) is 0 Å². The lowest BCUT2D eigenvalue weighted by atomic mass is 10.2. The van der Waals surface area contributed by atoms with Gasteiger partial charge in [0.2, 0.25) is 0 Å². The van der Waals surface area contributed by atoms with Crippen LogP contribution >= 0.6 is 0 Å². The minimum atomic E-state index is 0.513. The predicted octanol–water partition coefficient (Wildman–Crippen LogP) is 3.04. The first-order chi connectivity index (χ1) is 12.6. The molecule has 0 saturated heterocycles. The zero-order valence-electron chi connectivity index (χ0n) is 15.8. The summed E-state index contributed by atoms with van der Waals surface area (Å²) in [7, 11) is 1.52. The topological polar surface area (TPSA) is 81.9 Å². The normalized spacial score (nSPS) is 11.8. The fourth-order valence-electron chi connectivity index (χ4n) is 2.38. The van der Waals surface area contributed by atoms with E-state index in [1.165, 1.54) is 7.11 Å². The van der Waals surface area contributed by atoms with Crippen molar-refractivity contribution in [2.45, 2.75) is 40.0 Å². The monoisotopic (exact) mass is 355 g/mol. The maximum Gasteiger partial charge on any atom is 0.177 e. The highest BCUT2D eigenvalue weighted by atomic mass is 16.6. The Morgan fingerprint density at radius 2 is 1.85 bits per heavy atom. The summed E-state index contributed by atoms with van der Waals surface area (Å²) in [4.78, 5) is 23.4. The van der Waals surface area contributed by atoms with E-state index in [1.54, 1.807) is 6.21 Å². The van der Waals surface area contributed by atoms with Crippen LogP contribution in [0.4, 0.5) is 0 Å². The van der Waals surface area contributed by atoms with Gasteiger partial charge >= 0.3 is 0 Å². The molecule has 0 fully saturated rings. The van der Waals surface area contributed by atoms with Crippen molar-refractivity contribution in [3.05, 3.63) is 52.9 Å². The second-order valence-electron chi connectivity index (χ2n) is 5.88. The summed E-state index contributed by atoms with van der Waals surface area (Å²) < 4.78 is 0. The van der Waals surface area contributed by atoms with Crippen LogP contribution in [0.3, 0.4) is 0 Å². The number of hydrogen-bond acceptors (Lipinski definition) is 7. The number of oxime groups is 2. The fourth-order valence-corrected chi connectivity index (χ4v) is 2.38. The Labute approximate surface area is 154 Å². The Bertz CT molecular complexity index is 754. The number of aryl methyl sites for hydroxylation is 3. The average molecular weight is 355 g/mol. The van der Waals surface area contributed by atoms with Crippen molar-refractivity contribution >= 4 is 11.9 Å². The Hall–Kier alpha value is -2.83. The minimum Gasteiger partial charge on any atom is -0.399 e. The molecule has 7 heteroatoms. The molecule has 138 valence electrons. The molecule has 2 aromatic rings. The molecular formula is C19H25N5O2. The number of nitrogens with zero attached hydrogens (tertiary/aromatic N) is 5. The molecule has 26 heavy (non-hydrogen) atoms. The van der Waals surface area contributed by atoms with Crippen LogP contribution in [0, 0.1) is 13.8 Å². The van der Waals surface area contributed by atoms with E-state index in [0.29, 0.717) is 24.6 Å². The summed E-state index contributed by atoms with van der Waals surface area (Å²) in [5.74, 6) is 0.606. The molecule has 0 aromatic carbocycles. The molecule has 0 aliphatic rings. The Kier molecular flexibility index (Phi) is 7.67. The average Bonchev–Trinajstić information content (AvgIpc) is 2.61. The molecule has 2 aromatic heterocycles. The van der Waals surface area contributed by atoms with Crippen LogP contribution in [0.15, 0.2) is 34.6 Å². The van der Waals surface area contributed by atoms with Crippen LogP contribution < -0.4 is 0 Å². The van der Waals surface area contributed by atoms with Gasteiger partial charge in [-0.1, -0.05) is 16.4 Å². The van der Waals surface area contributed by atoms with Crippen LogP contribution in [-0.2, 0) is 22.5 Å². The maximum absolute atomic E-state index is 5.40. The maximum atomic E-state index is 5.40. The summed E-state index contributed by atoms with van der Waals surface area (Å²) >= 11 is 0. The molecule has 2 rings (SSSR count). The highest BCUT2D eigenvalue weighted by Crippen LogP contribution is 2.04. The van der Waals surface area contributed by atoms with Crippen molar-refractivity contribution in [3.8, 4) is 0 Å². The van der Waals surface area contributed by atoms with Crippen molar-refractivity contribution < 1.29 is 9.68 Å². The molecule has 0 amide bonds. The SMILES string of the molecule is CON=CCc1cccc(CCCO/N=C(\C)c2nc(C)cc(C)n2)n1. The molecule has 0 N–H and O–H groups in total. The predicted molar refractivity (Wildman–Crippen MR) is 101 cm³/mol. The zero-order chi connectivity index (χ0) is 18.8. The lowest BCUT2D eigenvalue weighted by molar-refractivity contribution is 0.141. The lowest BCUT2D eigenvalue weighted by Crippen LogP contribution is -2.06. The van der Waals surface area contributed by atoms with Crippen LogP contribution in [0.5, 0.6) is 0 Å². The van der Waals surface area contributed by atoms with E-state index in [9.17, 15) is 0 Å². The van der Waals surface area contributed by atoms with Crippen molar-refractivity contribution in [2.75, 3.05) is 13.7 Å². The molecule has 0 aliphatic heterocycles. The molecule has 0 aliphatic carbocycles. The third kappa shape index (κ3) is 6.58. The lowest BCUT2D eigenvalue weighted by Gasteiger charge is -2.04. The van der Waals surface area contributed by atoms with Gasteiger partial charge in [0.1, 0.15) is 19.4 Å². The van der Waals surface area contributed by atoms with Crippen molar-refractivity contribution in [3.63, 3.8) is 0 Å². The van der Waals surface area contributed by atoms with Gasteiger partial charge in [-0.3, -0.25) is 4.98 Å². The summed E-state index contributed by atoms with van der Waals surface area (Å²) in [5, 5.41) is 7.84. The van der Waals surface area contributed by atoms with E-state index < -0.39 is 0 Å². The van der Waals surface area contributed by atoms with Crippen molar-refractivity contribution in [1.82, 2.24) is 15.0 Å². The molecule has 0 spiro atoms. The number of hydrogen-bond donors (Lipinski definition) is 0. The van der Waals surface area contributed by atoms with Crippen LogP contribution in [-0.4, -0.2) is 40.6 Å². The van der Waals surface area contributed by atoms with Gasteiger partial charge in [0.25, 0.3) is 0 Å². The van der Waals surface area contributed by atoms with Gasteiger partial charge in [-0.2, -0.15) is 0 Å². The number of pyridine rings is 1. The van der Waals surface area contributed by atoms with Gasteiger partial charge in [-0.15, -0.1) is 0 Å². The van der Waals surface area contributed by atoms with Gasteiger partial charge < -0.3 is 9.68 Å². The quantitative estimate of drug-likeness (QED) is 0.392. The number of aromatic nitrogens is 3. The molecule has 0 unspecified atom stereocenters. The number of rotatable bonds is 9. The first-order valence-corrected chi connectivity index (χ1v) is 8.57. The van der Waals surface area contributed by atoms with E-state index in [0.717, 1.165) is 35.6 Å². The van der Waals surface area contributed by atoms with Gasteiger partial charge in [0.05, 0.1) is 0 Å². The first kappa shape index (κ1) is 19.5. The summed E-state index contributed by atoms with van der Waals surface area (Å²) in [5.41, 5.74) is 4.50. The molecule has 0 bridgehead atoms. The van der Waals surface area contributed by atoms with E-state index in [1.807, 2.05) is 45.0 Å². The summed E-state index contributed by atoms with van der Waals surface area (Å²) in [6, 6.07) is 7.91. The molecule has 0 atom stereocenters. The van der Waals surface area contributed by atoms with Crippen molar-refractivity contribution in [1.29, 1.82) is 0 Å². The van der Waals surface area contributed by atoms with Crippen LogP contribution in [0.2, 0.25) is 0 Å². The summed E-state index contributed by atoms with van der Waals surface area (Å²) in [6.07, 6.45) is 4.00. The largest absolute Gasteiger partial charge is 0.399 e. The van der Waals surface area contributed by atoms with E-state index >= 15 is 0 Å². The molecular weight excluding hydrogens is 330 g/mol. The smallest absolute Gasteiger partial charge is 0.177 e. The Balaban J connectivity index is 1.79.